The van der Waals surface area contributed by atoms with Crippen LogP contribution >= 0.6 is 0 Å². The fourth-order valence-corrected chi connectivity index (χ4v) is 1.02. The van der Waals surface area contributed by atoms with E-state index in [0.29, 0.717) is 0 Å². The van der Waals surface area contributed by atoms with Gasteiger partial charge < -0.3 is 10.7 Å². The standard InChI is InChI=1S/C8H14N4O/c1-12(10)8(13)5-6(9)7-3-2-4-11-7/h2-4,6,11H,5,9-10H2,1H3. The molecule has 1 aromatic rings. The molecule has 0 spiro atoms. The number of nitrogens with two attached hydrogens (primary N) is 2. The zero-order valence-electron chi connectivity index (χ0n) is 7.53. The molecule has 5 nitrogen and oxygen atoms in total. The molecular weight excluding hydrogens is 168 g/mol. The lowest BCUT2D eigenvalue weighted by atomic mass is 10.1. The van der Waals surface area contributed by atoms with Gasteiger partial charge in [-0.2, -0.15) is 0 Å². The number of nitrogens with one attached hydrogen (secondary N) is 1. The second-order valence-corrected chi connectivity index (χ2v) is 2.94. The summed E-state index contributed by atoms with van der Waals surface area (Å²) in [6, 6.07) is 3.37. The van der Waals surface area contributed by atoms with Crippen LogP contribution in [0, 0.1) is 0 Å². The summed E-state index contributed by atoms with van der Waals surface area (Å²) in [5, 5.41) is 1.04. The summed E-state index contributed by atoms with van der Waals surface area (Å²) in [4.78, 5) is 14.1. The Morgan fingerprint density at radius 3 is 2.92 bits per heavy atom. The van der Waals surface area contributed by atoms with Crippen LogP contribution < -0.4 is 11.6 Å². The van der Waals surface area contributed by atoms with Gasteiger partial charge in [-0.05, 0) is 12.1 Å². The number of aromatic amines is 1. The number of rotatable bonds is 3. The molecule has 13 heavy (non-hydrogen) atoms. The van der Waals surface area contributed by atoms with Gasteiger partial charge in [-0.15, -0.1) is 0 Å². The van der Waals surface area contributed by atoms with E-state index in [-0.39, 0.29) is 18.4 Å². The number of hydrogen-bond donors (Lipinski definition) is 3. The highest BCUT2D eigenvalue weighted by atomic mass is 16.2. The fourth-order valence-electron chi connectivity index (χ4n) is 1.02. The maximum absolute atomic E-state index is 11.2. The van der Waals surface area contributed by atoms with Gasteiger partial charge in [-0.1, -0.05) is 0 Å². The summed E-state index contributed by atoms with van der Waals surface area (Å²) in [7, 11) is 1.50. The predicted molar refractivity (Wildman–Crippen MR) is 49.3 cm³/mol. The first kappa shape index (κ1) is 9.76. The van der Waals surface area contributed by atoms with E-state index in [1.165, 1.54) is 7.05 Å². The second kappa shape index (κ2) is 4.06. The van der Waals surface area contributed by atoms with Crippen molar-refractivity contribution in [2.45, 2.75) is 12.5 Å². The van der Waals surface area contributed by atoms with E-state index in [2.05, 4.69) is 4.98 Å². The number of hydrogen-bond acceptors (Lipinski definition) is 3. The number of aromatic nitrogens is 1. The Bertz CT molecular complexity index is 268. The van der Waals surface area contributed by atoms with Crippen LogP contribution in [0.3, 0.4) is 0 Å². The lowest BCUT2D eigenvalue weighted by Crippen LogP contribution is -2.35. The smallest absolute Gasteiger partial charge is 0.238 e. The Labute approximate surface area is 76.7 Å². The largest absolute Gasteiger partial charge is 0.364 e. The minimum atomic E-state index is -0.312. The van der Waals surface area contributed by atoms with Crippen LogP contribution in [0.5, 0.6) is 0 Å². The lowest BCUT2D eigenvalue weighted by molar-refractivity contribution is -0.130. The zero-order chi connectivity index (χ0) is 9.84. The van der Waals surface area contributed by atoms with Gasteiger partial charge in [0, 0.05) is 25.4 Å². The second-order valence-electron chi connectivity index (χ2n) is 2.94. The van der Waals surface area contributed by atoms with Crippen molar-refractivity contribution in [3.63, 3.8) is 0 Å². The van der Waals surface area contributed by atoms with Crippen LogP contribution in [0.4, 0.5) is 0 Å². The number of amides is 1. The molecule has 1 unspecified atom stereocenters. The normalized spacial score (nSPS) is 12.5. The average Bonchev–Trinajstić information content (AvgIpc) is 2.55. The summed E-state index contributed by atoms with van der Waals surface area (Å²) >= 11 is 0. The van der Waals surface area contributed by atoms with Crippen molar-refractivity contribution < 1.29 is 4.79 Å². The molecule has 5 N–H and O–H groups in total. The lowest BCUT2D eigenvalue weighted by Gasteiger charge is -2.13. The van der Waals surface area contributed by atoms with Gasteiger partial charge in [0.05, 0.1) is 6.04 Å². The van der Waals surface area contributed by atoms with Crippen molar-refractivity contribution in [1.29, 1.82) is 0 Å². The molecule has 1 atom stereocenters. The first-order valence-corrected chi connectivity index (χ1v) is 4.01. The van der Waals surface area contributed by atoms with Gasteiger partial charge in [0.1, 0.15) is 0 Å². The van der Waals surface area contributed by atoms with Crippen molar-refractivity contribution in [3.05, 3.63) is 24.0 Å². The minimum Gasteiger partial charge on any atom is -0.364 e. The molecule has 0 aliphatic rings. The Kier molecular flexibility index (Phi) is 3.05. The summed E-state index contributed by atoms with van der Waals surface area (Å²) in [5.74, 6) is 5.08. The van der Waals surface area contributed by atoms with Crippen molar-refractivity contribution in [2.75, 3.05) is 7.05 Å². The van der Waals surface area contributed by atoms with Gasteiger partial charge in [0.15, 0.2) is 0 Å². The van der Waals surface area contributed by atoms with E-state index in [1.54, 1.807) is 6.20 Å². The molecule has 1 amide bonds. The quantitative estimate of drug-likeness (QED) is 0.342. The molecule has 0 aromatic carbocycles. The number of carbonyl (C=O) groups is 1. The van der Waals surface area contributed by atoms with E-state index in [1.807, 2.05) is 12.1 Å². The molecule has 0 saturated carbocycles. The van der Waals surface area contributed by atoms with Gasteiger partial charge in [0.2, 0.25) is 5.91 Å². The Balaban J connectivity index is 2.51. The molecule has 0 saturated heterocycles. The number of nitrogens with zero attached hydrogens (tertiary/aromatic N) is 1. The van der Waals surface area contributed by atoms with E-state index in [0.717, 1.165) is 10.7 Å². The topological polar surface area (TPSA) is 88.1 Å². The zero-order valence-corrected chi connectivity index (χ0v) is 7.53. The maximum atomic E-state index is 11.2. The predicted octanol–water partition coefficient (Wildman–Crippen LogP) is -0.263. The molecule has 1 aromatic heterocycles. The summed E-state index contributed by atoms with van der Waals surface area (Å²) in [6.07, 6.45) is 1.99. The van der Waals surface area contributed by atoms with Crippen LogP contribution in [0.2, 0.25) is 0 Å². The average molecular weight is 182 g/mol. The third-order valence-corrected chi connectivity index (χ3v) is 1.81. The molecule has 0 bridgehead atoms. The highest BCUT2D eigenvalue weighted by molar-refractivity contribution is 5.75. The number of hydrazine groups is 1. The van der Waals surface area contributed by atoms with Gasteiger partial charge in [0.25, 0.3) is 0 Å². The Morgan fingerprint density at radius 1 is 1.77 bits per heavy atom. The van der Waals surface area contributed by atoms with Crippen LogP contribution in [0.15, 0.2) is 18.3 Å². The molecule has 5 heteroatoms. The number of carbonyl (C=O) groups excluding carboxylic acids is 1. The number of H-pyrrole nitrogens is 1. The molecule has 1 rings (SSSR count). The summed E-state index contributed by atoms with van der Waals surface area (Å²) in [6.45, 7) is 0. The molecule has 72 valence electrons. The van der Waals surface area contributed by atoms with Crippen LogP contribution in [-0.4, -0.2) is 22.9 Å². The summed E-state index contributed by atoms with van der Waals surface area (Å²) in [5.41, 5.74) is 6.59. The van der Waals surface area contributed by atoms with E-state index >= 15 is 0 Å². The SMILES string of the molecule is CN(N)C(=O)CC(N)c1ccc[nH]1. The first-order chi connectivity index (χ1) is 6.11. The molecule has 0 fully saturated rings. The first-order valence-electron chi connectivity index (χ1n) is 4.01. The minimum absolute atomic E-state index is 0.179. The van der Waals surface area contributed by atoms with Gasteiger partial charge in [-0.25, -0.2) is 5.84 Å². The van der Waals surface area contributed by atoms with Crippen LogP contribution in [0.1, 0.15) is 18.2 Å². The van der Waals surface area contributed by atoms with Crippen molar-refractivity contribution >= 4 is 5.91 Å². The molecular formula is C8H14N4O. The van der Waals surface area contributed by atoms with Crippen molar-refractivity contribution in [3.8, 4) is 0 Å². The highest BCUT2D eigenvalue weighted by Gasteiger charge is 2.13. The molecule has 0 radical (unpaired) electrons. The fraction of sp³-hybridized carbons (Fsp3) is 0.375. The van der Waals surface area contributed by atoms with Gasteiger partial charge in [-0.3, -0.25) is 9.80 Å². The maximum Gasteiger partial charge on any atom is 0.238 e. The summed E-state index contributed by atoms with van der Waals surface area (Å²) < 4.78 is 0. The van der Waals surface area contributed by atoms with Crippen LogP contribution in [0.25, 0.3) is 0 Å². The Morgan fingerprint density at radius 2 is 2.46 bits per heavy atom. The van der Waals surface area contributed by atoms with E-state index in [4.69, 9.17) is 11.6 Å². The molecule has 0 aliphatic carbocycles. The highest BCUT2D eigenvalue weighted by Crippen LogP contribution is 2.11. The third-order valence-electron chi connectivity index (χ3n) is 1.81. The third kappa shape index (κ3) is 2.57. The van der Waals surface area contributed by atoms with Crippen molar-refractivity contribution in [1.82, 2.24) is 9.99 Å². The van der Waals surface area contributed by atoms with Crippen LogP contribution in [-0.2, 0) is 4.79 Å². The monoisotopic (exact) mass is 182 g/mol. The van der Waals surface area contributed by atoms with Crippen molar-refractivity contribution in [2.24, 2.45) is 11.6 Å². The van der Waals surface area contributed by atoms with E-state index in [9.17, 15) is 4.79 Å². The molecule has 0 aliphatic heterocycles. The molecule has 1 heterocycles. The van der Waals surface area contributed by atoms with E-state index < -0.39 is 0 Å². The Hall–Kier alpha value is -1.33. The van der Waals surface area contributed by atoms with Gasteiger partial charge >= 0.3 is 0 Å².